The van der Waals surface area contributed by atoms with Crippen LogP contribution in [0.25, 0.3) is 10.2 Å². The highest BCUT2D eigenvalue weighted by atomic mass is 35.5. The lowest BCUT2D eigenvalue weighted by molar-refractivity contribution is 0.963. The molecule has 2 heterocycles. The average Bonchev–Trinajstić information content (AvgIpc) is 2.84. The standard InChI is InChI=1S/C15H14ClN3S/c1-10-8-20-15-14(10)13(18-9-19-15)6-7-17-12-4-2-11(16)3-5-12/h2-5,8-9,17H,6-7H2,1H3. The summed E-state index contributed by atoms with van der Waals surface area (Å²) in [6, 6.07) is 7.73. The molecule has 0 spiro atoms. The summed E-state index contributed by atoms with van der Waals surface area (Å²) in [7, 11) is 0. The fourth-order valence-electron chi connectivity index (χ4n) is 2.17. The molecule has 0 aliphatic carbocycles. The molecule has 0 fully saturated rings. The van der Waals surface area contributed by atoms with Crippen molar-refractivity contribution in [2.24, 2.45) is 0 Å². The molecule has 1 aromatic carbocycles. The van der Waals surface area contributed by atoms with E-state index in [-0.39, 0.29) is 0 Å². The van der Waals surface area contributed by atoms with E-state index < -0.39 is 0 Å². The van der Waals surface area contributed by atoms with E-state index in [1.54, 1.807) is 17.7 Å². The van der Waals surface area contributed by atoms with Gasteiger partial charge in [-0.05, 0) is 42.1 Å². The summed E-state index contributed by atoms with van der Waals surface area (Å²) in [5.74, 6) is 0. The first-order chi connectivity index (χ1) is 9.74. The largest absolute Gasteiger partial charge is 0.385 e. The number of aryl methyl sites for hydroxylation is 1. The Balaban J connectivity index is 1.71. The Hall–Kier alpha value is -1.65. The smallest absolute Gasteiger partial charge is 0.127 e. The van der Waals surface area contributed by atoms with E-state index in [4.69, 9.17) is 11.6 Å². The van der Waals surface area contributed by atoms with Gasteiger partial charge in [0.1, 0.15) is 11.2 Å². The Bertz CT molecular complexity index is 722. The number of nitrogens with zero attached hydrogens (tertiary/aromatic N) is 2. The zero-order chi connectivity index (χ0) is 13.9. The number of fused-ring (bicyclic) bond motifs is 1. The Morgan fingerprint density at radius 1 is 1.20 bits per heavy atom. The zero-order valence-electron chi connectivity index (χ0n) is 11.1. The molecule has 1 N–H and O–H groups in total. The molecule has 3 nitrogen and oxygen atoms in total. The lowest BCUT2D eigenvalue weighted by Crippen LogP contribution is -2.06. The lowest BCUT2D eigenvalue weighted by Gasteiger charge is -2.07. The molecule has 5 heteroatoms. The first-order valence-electron chi connectivity index (χ1n) is 6.41. The molecular formula is C15H14ClN3S. The molecule has 102 valence electrons. The topological polar surface area (TPSA) is 37.8 Å². The number of thiophene rings is 1. The normalized spacial score (nSPS) is 10.9. The molecule has 0 amide bonds. The second-order valence-corrected chi connectivity index (χ2v) is 5.90. The van der Waals surface area contributed by atoms with Gasteiger partial charge in [-0.2, -0.15) is 0 Å². The number of hydrogen-bond acceptors (Lipinski definition) is 4. The maximum absolute atomic E-state index is 5.87. The molecule has 0 aliphatic heterocycles. The molecule has 0 saturated carbocycles. The van der Waals surface area contributed by atoms with Gasteiger partial charge in [0.05, 0.1) is 5.69 Å². The molecular weight excluding hydrogens is 290 g/mol. The number of aromatic nitrogens is 2. The fourth-order valence-corrected chi connectivity index (χ4v) is 3.21. The molecule has 0 aliphatic rings. The van der Waals surface area contributed by atoms with Crippen molar-refractivity contribution < 1.29 is 0 Å². The zero-order valence-corrected chi connectivity index (χ0v) is 12.6. The number of hydrogen-bond donors (Lipinski definition) is 1. The summed E-state index contributed by atoms with van der Waals surface area (Å²) in [6.45, 7) is 2.95. The predicted octanol–water partition coefficient (Wildman–Crippen LogP) is 4.31. The number of benzene rings is 1. The molecule has 0 radical (unpaired) electrons. The Morgan fingerprint density at radius 3 is 2.80 bits per heavy atom. The van der Waals surface area contributed by atoms with Gasteiger partial charge in [-0.15, -0.1) is 11.3 Å². The van der Waals surface area contributed by atoms with E-state index >= 15 is 0 Å². The van der Waals surface area contributed by atoms with E-state index in [0.29, 0.717) is 0 Å². The third kappa shape index (κ3) is 2.76. The number of nitrogens with one attached hydrogen (secondary N) is 1. The van der Waals surface area contributed by atoms with Gasteiger partial charge >= 0.3 is 0 Å². The van der Waals surface area contributed by atoms with Gasteiger partial charge in [0.15, 0.2) is 0 Å². The predicted molar refractivity (Wildman–Crippen MR) is 85.8 cm³/mol. The second-order valence-electron chi connectivity index (χ2n) is 4.60. The maximum atomic E-state index is 5.87. The summed E-state index contributed by atoms with van der Waals surface area (Å²) in [4.78, 5) is 9.80. The van der Waals surface area contributed by atoms with Crippen LogP contribution in [0.5, 0.6) is 0 Å². The molecule has 20 heavy (non-hydrogen) atoms. The molecule has 3 aromatic rings. The van der Waals surface area contributed by atoms with Crippen LogP contribution in [-0.4, -0.2) is 16.5 Å². The van der Waals surface area contributed by atoms with Crippen LogP contribution in [0.15, 0.2) is 36.0 Å². The van der Waals surface area contributed by atoms with Crippen LogP contribution in [0.1, 0.15) is 11.3 Å². The van der Waals surface area contributed by atoms with Gasteiger partial charge in [0.2, 0.25) is 0 Å². The summed E-state index contributed by atoms with van der Waals surface area (Å²) in [5.41, 5.74) is 3.43. The van der Waals surface area contributed by atoms with Gasteiger partial charge < -0.3 is 5.32 Å². The van der Waals surface area contributed by atoms with Gasteiger partial charge in [-0.25, -0.2) is 9.97 Å². The van der Waals surface area contributed by atoms with E-state index in [0.717, 1.165) is 34.2 Å². The minimum atomic E-state index is 0.752. The summed E-state index contributed by atoms with van der Waals surface area (Å²) < 4.78 is 0. The van der Waals surface area contributed by atoms with E-state index in [9.17, 15) is 0 Å². The van der Waals surface area contributed by atoms with Crippen molar-refractivity contribution >= 4 is 38.8 Å². The first kappa shape index (κ1) is 13.3. The lowest BCUT2D eigenvalue weighted by atomic mass is 10.1. The van der Waals surface area contributed by atoms with Crippen LogP contribution in [0, 0.1) is 6.92 Å². The van der Waals surface area contributed by atoms with Gasteiger partial charge in [0.25, 0.3) is 0 Å². The van der Waals surface area contributed by atoms with Crippen molar-refractivity contribution in [2.45, 2.75) is 13.3 Å². The number of anilines is 1. The van der Waals surface area contributed by atoms with Crippen LogP contribution < -0.4 is 5.32 Å². The summed E-state index contributed by atoms with van der Waals surface area (Å²) in [6.07, 6.45) is 2.52. The van der Waals surface area contributed by atoms with Crippen molar-refractivity contribution in [3.63, 3.8) is 0 Å². The van der Waals surface area contributed by atoms with Crippen LogP contribution in [0.4, 0.5) is 5.69 Å². The highest BCUT2D eigenvalue weighted by molar-refractivity contribution is 7.16. The molecule has 3 rings (SSSR count). The Labute approximate surface area is 126 Å². The van der Waals surface area contributed by atoms with Crippen LogP contribution >= 0.6 is 22.9 Å². The molecule has 0 unspecified atom stereocenters. The summed E-state index contributed by atoms with van der Waals surface area (Å²) >= 11 is 7.54. The second kappa shape index (κ2) is 5.77. The molecule has 0 saturated heterocycles. The van der Waals surface area contributed by atoms with Gasteiger partial charge in [0, 0.05) is 29.1 Å². The van der Waals surface area contributed by atoms with Crippen LogP contribution in [0.3, 0.4) is 0 Å². The van der Waals surface area contributed by atoms with E-state index in [1.165, 1.54) is 10.9 Å². The van der Waals surface area contributed by atoms with Crippen LogP contribution in [-0.2, 0) is 6.42 Å². The summed E-state index contributed by atoms with van der Waals surface area (Å²) in [5, 5.41) is 7.47. The quantitative estimate of drug-likeness (QED) is 0.780. The number of halogens is 1. The van der Waals surface area contributed by atoms with E-state index in [2.05, 4.69) is 27.6 Å². The third-order valence-corrected chi connectivity index (χ3v) is 4.42. The van der Waals surface area contributed by atoms with Crippen molar-refractivity contribution in [1.29, 1.82) is 0 Å². The molecule has 0 atom stereocenters. The van der Waals surface area contributed by atoms with Crippen LogP contribution in [0.2, 0.25) is 5.02 Å². The Kier molecular flexibility index (Phi) is 3.85. The minimum absolute atomic E-state index is 0.752. The van der Waals surface area contributed by atoms with E-state index in [1.807, 2.05) is 24.3 Å². The van der Waals surface area contributed by atoms with Crippen molar-refractivity contribution in [3.8, 4) is 0 Å². The maximum Gasteiger partial charge on any atom is 0.127 e. The number of rotatable bonds is 4. The monoisotopic (exact) mass is 303 g/mol. The van der Waals surface area contributed by atoms with Gasteiger partial charge in [-0.1, -0.05) is 11.6 Å². The van der Waals surface area contributed by atoms with Crippen molar-refractivity contribution in [1.82, 2.24) is 9.97 Å². The molecule has 0 bridgehead atoms. The van der Waals surface area contributed by atoms with Crippen molar-refractivity contribution in [3.05, 3.63) is 52.3 Å². The minimum Gasteiger partial charge on any atom is -0.385 e. The third-order valence-electron chi connectivity index (χ3n) is 3.17. The van der Waals surface area contributed by atoms with Gasteiger partial charge in [-0.3, -0.25) is 0 Å². The Morgan fingerprint density at radius 2 is 2.00 bits per heavy atom. The highest BCUT2D eigenvalue weighted by Gasteiger charge is 2.08. The average molecular weight is 304 g/mol. The SMILES string of the molecule is Cc1csc2ncnc(CCNc3ccc(Cl)cc3)c12. The van der Waals surface area contributed by atoms with Crippen molar-refractivity contribution in [2.75, 3.05) is 11.9 Å². The fraction of sp³-hybridized carbons (Fsp3) is 0.200. The molecule has 2 aromatic heterocycles. The highest BCUT2D eigenvalue weighted by Crippen LogP contribution is 2.25. The first-order valence-corrected chi connectivity index (χ1v) is 7.67.